The van der Waals surface area contributed by atoms with Crippen molar-refractivity contribution in [3.63, 3.8) is 0 Å². The van der Waals surface area contributed by atoms with E-state index in [0.29, 0.717) is 16.7 Å². The number of carbonyl (C=O) groups is 1. The minimum absolute atomic E-state index is 0.175. The molecule has 0 fully saturated rings. The predicted octanol–water partition coefficient (Wildman–Crippen LogP) is 1.89. The van der Waals surface area contributed by atoms with Gasteiger partial charge >= 0.3 is 0 Å². The zero-order valence-electron chi connectivity index (χ0n) is 11.3. The van der Waals surface area contributed by atoms with E-state index in [1.807, 2.05) is 12.1 Å². The van der Waals surface area contributed by atoms with Crippen LogP contribution in [0.2, 0.25) is 5.02 Å². The van der Waals surface area contributed by atoms with Crippen molar-refractivity contribution in [1.82, 2.24) is 24.7 Å². The molecule has 0 spiro atoms. The molecule has 0 unspecified atom stereocenters. The zero-order chi connectivity index (χ0) is 15.4. The van der Waals surface area contributed by atoms with Gasteiger partial charge in [-0.2, -0.15) is 5.10 Å². The molecule has 0 aliphatic heterocycles. The second kappa shape index (κ2) is 6.31. The summed E-state index contributed by atoms with van der Waals surface area (Å²) in [6.45, 7) is 0. The Balaban J connectivity index is 1.69. The normalized spacial score (nSPS) is 10.4. The predicted molar refractivity (Wildman–Crippen MR) is 80.7 cm³/mol. The van der Waals surface area contributed by atoms with Crippen LogP contribution >= 0.6 is 11.6 Å². The Kier molecular flexibility index (Phi) is 4.06. The van der Waals surface area contributed by atoms with Crippen LogP contribution in [-0.4, -0.2) is 30.6 Å². The van der Waals surface area contributed by atoms with Crippen LogP contribution in [0.4, 0.5) is 5.82 Å². The Morgan fingerprint density at radius 2 is 2.00 bits per heavy atom. The molecule has 0 radical (unpaired) electrons. The van der Waals surface area contributed by atoms with Gasteiger partial charge in [-0.25, -0.2) is 19.6 Å². The van der Waals surface area contributed by atoms with E-state index >= 15 is 0 Å². The summed E-state index contributed by atoms with van der Waals surface area (Å²) in [4.78, 5) is 24.0. The van der Waals surface area contributed by atoms with Crippen molar-refractivity contribution in [2.75, 3.05) is 5.32 Å². The Morgan fingerprint density at radius 3 is 2.73 bits per heavy atom. The van der Waals surface area contributed by atoms with Gasteiger partial charge in [-0.05, 0) is 17.7 Å². The van der Waals surface area contributed by atoms with Gasteiger partial charge in [-0.1, -0.05) is 23.7 Å². The maximum atomic E-state index is 12.0. The number of hydrogen-bond donors (Lipinski definition) is 1. The molecular weight excluding hydrogens is 304 g/mol. The Bertz CT molecular complexity index is 772. The molecule has 0 bridgehead atoms. The summed E-state index contributed by atoms with van der Waals surface area (Å²) in [7, 11) is 0. The molecule has 22 heavy (non-hydrogen) atoms. The number of carbonyl (C=O) groups excluding carboxylic acids is 1. The fourth-order valence-electron chi connectivity index (χ4n) is 1.84. The lowest BCUT2D eigenvalue weighted by Crippen LogP contribution is -2.15. The van der Waals surface area contributed by atoms with E-state index in [9.17, 15) is 4.79 Å². The van der Waals surface area contributed by atoms with E-state index in [0.717, 1.165) is 5.56 Å². The van der Waals surface area contributed by atoms with Gasteiger partial charge < -0.3 is 5.32 Å². The molecular formula is C14H11ClN6O. The molecule has 1 aromatic carbocycles. The molecule has 0 aliphatic carbocycles. The van der Waals surface area contributed by atoms with E-state index in [1.54, 1.807) is 18.2 Å². The lowest BCUT2D eigenvalue weighted by Gasteiger charge is -2.06. The smallest absolute Gasteiger partial charge is 0.229 e. The molecule has 110 valence electrons. The van der Waals surface area contributed by atoms with Crippen LogP contribution in [-0.2, 0) is 11.2 Å². The van der Waals surface area contributed by atoms with E-state index in [-0.39, 0.29) is 12.3 Å². The second-order valence-electron chi connectivity index (χ2n) is 4.45. The van der Waals surface area contributed by atoms with E-state index in [2.05, 4.69) is 25.4 Å². The van der Waals surface area contributed by atoms with E-state index < -0.39 is 0 Å². The Hall–Kier alpha value is -2.80. The summed E-state index contributed by atoms with van der Waals surface area (Å²) in [6.07, 6.45) is 4.51. The molecule has 2 heterocycles. The van der Waals surface area contributed by atoms with Crippen molar-refractivity contribution in [2.24, 2.45) is 0 Å². The topological polar surface area (TPSA) is 85.6 Å². The fraction of sp³-hybridized carbons (Fsp3) is 0.0714. The van der Waals surface area contributed by atoms with Gasteiger partial charge in [0.1, 0.15) is 24.8 Å². The van der Waals surface area contributed by atoms with Gasteiger partial charge in [0.25, 0.3) is 0 Å². The van der Waals surface area contributed by atoms with Gasteiger partial charge in [0.15, 0.2) is 5.82 Å². The number of benzene rings is 1. The number of hydrogen-bond acceptors (Lipinski definition) is 5. The SMILES string of the molecule is O=C(Cc1ccc(Cl)cc1)Nc1cc(-n2cncn2)ncn1. The summed E-state index contributed by atoms with van der Waals surface area (Å²) in [5.74, 6) is 0.749. The largest absolute Gasteiger partial charge is 0.310 e. The first-order valence-electron chi connectivity index (χ1n) is 6.42. The number of halogens is 1. The molecule has 2 aromatic heterocycles. The highest BCUT2D eigenvalue weighted by Crippen LogP contribution is 2.11. The molecule has 8 heteroatoms. The van der Waals surface area contributed by atoms with E-state index in [1.165, 1.54) is 23.7 Å². The first kappa shape index (κ1) is 14.2. The number of amides is 1. The standard InChI is InChI=1S/C14H11ClN6O/c15-11-3-1-10(2-4-11)5-14(22)20-12-6-13(18-8-17-12)21-9-16-7-19-21/h1-4,6-9H,5H2,(H,17,18,20,22). The van der Waals surface area contributed by atoms with Crippen molar-refractivity contribution in [1.29, 1.82) is 0 Å². The molecule has 0 aliphatic rings. The lowest BCUT2D eigenvalue weighted by atomic mass is 10.1. The molecule has 1 amide bonds. The summed E-state index contributed by atoms with van der Waals surface area (Å²) in [5.41, 5.74) is 0.868. The fourth-order valence-corrected chi connectivity index (χ4v) is 1.97. The van der Waals surface area contributed by atoms with Crippen molar-refractivity contribution in [3.8, 4) is 5.82 Å². The lowest BCUT2D eigenvalue weighted by molar-refractivity contribution is -0.115. The average Bonchev–Trinajstić information content (AvgIpc) is 3.04. The number of nitrogens with zero attached hydrogens (tertiary/aromatic N) is 5. The first-order valence-corrected chi connectivity index (χ1v) is 6.80. The van der Waals surface area contributed by atoms with Crippen molar-refractivity contribution >= 4 is 23.3 Å². The highest BCUT2D eigenvalue weighted by atomic mass is 35.5. The van der Waals surface area contributed by atoms with Crippen LogP contribution in [0.1, 0.15) is 5.56 Å². The summed E-state index contributed by atoms with van der Waals surface area (Å²) in [5, 5.41) is 7.33. The highest BCUT2D eigenvalue weighted by molar-refractivity contribution is 6.30. The van der Waals surface area contributed by atoms with Gasteiger partial charge in [0.2, 0.25) is 5.91 Å². The molecule has 3 rings (SSSR count). The number of rotatable bonds is 4. The Labute approximate surface area is 131 Å². The summed E-state index contributed by atoms with van der Waals surface area (Å²) in [6, 6.07) is 8.73. The number of nitrogens with one attached hydrogen (secondary N) is 1. The van der Waals surface area contributed by atoms with Crippen LogP contribution in [0.25, 0.3) is 5.82 Å². The molecule has 7 nitrogen and oxygen atoms in total. The maximum Gasteiger partial charge on any atom is 0.229 e. The van der Waals surface area contributed by atoms with Crippen molar-refractivity contribution in [3.05, 3.63) is 59.9 Å². The summed E-state index contributed by atoms with van der Waals surface area (Å²) < 4.78 is 1.48. The zero-order valence-corrected chi connectivity index (χ0v) is 12.1. The van der Waals surface area contributed by atoms with E-state index in [4.69, 9.17) is 11.6 Å². The molecule has 0 saturated carbocycles. The molecule has 0 atom stereocenters. The first-order chi connectivity index (χ1) is 10.7. The quantitative estimate of drug-likeness (QED) is 0.795. The maximum absolute atomic E-state index is 12.0. The molecule has 3 aromatic rings. The molecule has 0 saturated heterocycles. The van der Waals surface area contributed by atoms with Crippen LogP contribution in [0.3, 0.4) is 0 Å². The van der Waals surface area contributed by atoms with Crippen LogP contribution in [0.5, 0.6) is 0 Å². The third-order valence-corrected chi connectivity index (χ3v) is 3.10. The molecule has 1 N–H and O–H groups in total. The van der Waals surface area contributed by atoms with Crippen LogP contribution in [0, 0.1) is 0 Å². The minimum Gasteiger partial charge on any atom is -0.310 e. The average molecular weight is 315 g/mol. The Morgan fingerprint density at radius 1 is 1.18 bits per heavy atom. The van der Waals surface area contributed by atoms with Gasteiger partial charge in [-0.3, -0.25) is 4.79 Å². The van der Waals surface area contributed by atoms with Gasteiger partial charge in [0.05, 0.1) is 6.42 Å². The highest BCUT2D eigenvalue weighted by Gasteiger charge is 2.07. The van der Waals surface area contributed by atoms with Crippen LogP contribution < -0.4 is 5.32 Å². The van der Waals surface area contributed by atoms with Crippen molar-refractivity contribution in [2.45, 2.75) is 6.42 Å². The van der Waals surface area contributed by atoms with Gasteiger partial charge in [0, 0.05) is 11.1 Å². The minimum atomic E-state index is -0.175. The monoisotopic (exact) mass is 314 g/mol. The number of aromatic nitrogens is 5. The number of anilines is 1. The van der Waals surface area contributed by atoms with Crippen LogP contribution in [0.15, 0.2) is 49.3 Å². The summed E-state index contributed by atoms with van der Waals surface area (Å²) >= 11 is 5.81. The van der Waals surface area contributed by atoms with Gasteiger partial charge in [-0.15, -0.1) is 0 Å². The third kappa shape index (κ3) is 3.44. The third-order valence-electron chi connectivity index (χ3n) is 2.85. The second-order valence-corrected chi connectivity index (χ2v) is 4.89. The van der Waals surface area contributed by atoms with Crippen molar-refractivity contribution < 1.29 is 4.79 Å².